The van der Waals surface area contributed by atoms with Gasteiger partial charge in [0.05, 0.1) is 25.2 Å². The maximum Gasteiger partial charge on any atom is 0.306 e. The molecule has 0 aliphatic rings. The first kappa shape index (κ1) is 50.6. The van der Waals surface area contributed by atoms with Gasteiger partial charge in [0.1, 0.15) is 6.10 Å². The van der Waals surface area contributed by atoms with Gasteiger partial charge in [-0.1, -0.05) is 200 Å². The van der Waals surface area contributed by atoms with Crippen LogP contribution < -0.4 is 5.32 Å². The van der Waals surface area contributed by atoms with E-state index in [4.69, 9.17) is 4.74 Å². The van der Waals surface area contributed by atoms with Gasteiger partial charge in [-0.25, -0.2) is 0 Å². The Hall–Kier alpha value is -1.40. The Morgan fingerprint density at radius 2 is 0.942 bits per heavy atom. The molecule has 0 saturated carbocycles. The van der Waals surface area contributed by atoms with Crippen molar-refractivity contribution in [2.24, 2.45) is 0 Å². The van der Waals surface area contributed by atoms with Crippen LogP contribution in [0.25, 0.3) is 0 Å². The minimum absolute atomic E-state index is 0.0804. The molecule has 0 aromatic rings. The van der Waals surface area contributed by atoms with E-state index in [-0.39, 0.29) is 24.9 Å². The molecule has 0 radical (unpaired) electrons. The molecule has 0 saturated heterocycles. The van der Waals surface area contributed by atoms with Crippen molar-refractivity contribution >= 4 is 11.9 Å². The molecule has 0 heterocycles. The highest BCUT2D eigenvalue weighted by molar-refractivity contribution is 5.77. The molecule has 0 spiro atoms. The van der Waals surface area contributed by atoms with Crippen LogP contribution in [0.1, 0.15) is 245 Å². The highest BCUT2D eigenvalue weighted by Gasteiger charge is 2.24. The predicted octanol–water partition coefficient (Wildman–Crippen LogP) is 13.0. The van der Waals surface area contributed by atoms with Gasteiger partial charge >= 0.3 is 5.97 Å². The van der Waals surface area contributed by atoms with Gasteiger partial charge in [-0.2, -0.15) is 0 Å². The summed E-state index contributed by atoms with van der Waals surface area (Å²) in [5.74, 6) is -0.475. The van der Waals surface area contributed by atoms with Crippen LogP contribution in [-0.4, -0.2) is 46.9 Å². The number of allylic oxidation sites excluding steroid dienone is 2. The molecule has 3 unspecified atom stereocenters. The Morgan fingerprint density at radius 3 is 1.42 bits per heavy atom. The molecule has 6 nitrogen and oxygen atoms in total. The standard InChI is InChI=1S/C46H89NO5/c1-4-7-10-13-16-19-22-24-25-28-31-34-37-42(52-46(51)39-36-33-30-27-23-20-17-14-11-8-5-2)40-45(50)47-43(41-48)44(49)38-35-32-29-26-21-18-15-12-9-6-3/h14,17,42-44,48-49H,4-13,15-16,18-41H2,1-3H3,(H,47,50)/b17-14-. The van der Waals surface area contributed by atoms with E-state index in [1.807, 2.05) is 0 Å². The first-order valence-electron chi connectivity index (χ1n) is 22.9. The zero-order valence-electron chi connectivity index (χ0n) is 35.0. The Labute approximate surface area is 323 Å². The van der Waals surface area contributed by atoms with Crippen LogP contribution in [0.5, 0.6) is 0 Å². The minimum Gasteiger partial charge on any atom is -0.462 e. The SMILES string of the molecule is CCCC/C=C\CCCCCCCC(=O)OC(CCCCCCCCCCCCCC)CC(=O)NC(CO)C(O)CCCCCCCCCCCC. The Morgan fingerprint density at radius 1 is 0.538 bits per heavy atom. The average Bonchev–Trinajstić information content (AvgIpc) is 3.13. The van der Waals surface area contributed by atoms with Crippen molar-refractivity contribution in [2.45, 2.75) is 264 Å². The third kappa shape index (κ3) is 35.6. The van der Waals surface area contributed by atoms with Crippen molar-refractivity contribution < 1.29 is 24.5 Å². The second-order valence-electron chi connectivity index (χ2n) is 15.8. The summed E-state index contributed by atoms with van der Waals surface area (Å²) in [5, 5.41) is 23.6. The van der Waals surface area contributed by atoms with Crippen molar-refractivity contribution in [1.29, 1.82) is 0 Å². The number of rotatable bonds is 41. The number of nitrogens with one attached hydrogen (secondary N) is 1. The van der Waals surface area contributed by atoms with E-state index in [1.165, 1.54) is 148 Å². The summed E-state index contributed by atoms with van der Waals surface area (Å²) in [7, 11) is 0. The number of amides is 1. The number of esters is 1. The summed E-state index contributed by atoms with van der Waals surface area (Å²) in [6, 6.07) is -0.694. The number of aliphatic hydroxyl groups excluding tert-OH is 2. The fourth-order valence-corrected chi connectivity index (χ4v) is 7.06. The predicted molar refractivity (Wildman–Crippen MR) is 223 cm³/mol. The highest BCUT2D eigenvalue weighted by Crippen LogP contribution is 2.18. The van der Waals surface area contributed by atoms with Crippen molar-refractivity contribution in [2.75, 3.05) is 6.61 Å². The number of aliphatic hydroxyl groups is 2. The van der Waals surface area contributed by atoms with Crippen molar-refractivity contribution in [3.8, 4) is 0 Å². The summed E-state index contributed by atoms with van der Waals surface area (Å²) in [4.78, 5) is 25.9. The van der Waals surface area contributed by atoms with E-state index in [2.05, 4.69) is 38.2 Å². The van der Waals surface area contributed by atoms with Gasteiger partial charge in [0.25, 0.3) is 0 Å². The van der Waals surface area contributed by atoms with Crippen molar-refractivity contribution in [3.05, 3.63) is 12.2 Å². The Balaban J connectivity index is 4.58. The lowest BCUT2D eigenvalue weighted by Gasteiger charge is -2.24. The number of hydrogen-bond donors (Lipinski definition) is 3. The fourth-order valence-electron chi connectivity index (χ4n) is 7.06. The maximum absolute atomic E-state index is 13.1. The van der Waals surface area contributed by atoms with Gasteiger partial charge in [-0.15, -0.1) is 0 Å². The zero-order valence-corrected chi connectivity index (χ0v) is 35.0. The molecule has 3 atom stereocenters. The van der Waals surface area contributed by atoms with Gasteiger partial charge < -0.3 is 20.3 Å². The molecule has 0 fully saturated rings. The monoisotopic (exact) mass is 736 g/mol. The summed E-state index contributed by atoms with van der Waals surface area (Å²) < 4.78 is 5.89. The maximum atomic E-state index is 13.1. The van der Waals surface area contributed by atoms with Crippen LogP contribution in [0.15, 0.2) is 12.2 Å². The molecule has 52 heavy (non-hydrogen) atoms. The Kier molecular flexibility index (Phi) is 39.7. The van der Waals surface area contributed by atoms with Crippen LogP contribution >= 0.6 is 0 Å². The molecule has 308 valence electrons. The first-order valence-corrected chi connectivity index (χ1v) is 22.9. The molecule has 1 amide bonds. The van der Waals surface area contributed by atoms with Crippen molar-refractivity contribution in [1.82, 2.24) is 5.32 Å². The van der Waals surface area contributed by atoms with Crippen molar-refractivity contribution in [3.63, 3.8) is 0 Å². The zero-order chi connectivity index (χ0) is 38.2. The lowest BCUT2D eigenvalue weighted by molar-refractivity contribution is -0.151. The molecule has 0 aromatic heterocycles. The minimum atomic E-state index is -0.780. The number of ether oxygens (including phenoxy) is 1. The normalized spacial score (nSPS) is 13.4. The highest BCUT2D eigenvalue weighted by atomic mass is 16.5. The second kappa shape index (κ2) is 40.8. The number of unbranched alkanes of at least 4 members (excludes halogenated alkanes) is 27. The number of hydrogen-bond acceptors (Lipinski definition) is 5. The first-order chi connectivity index (χ1) is 25.5. The molecular weight excluding hydrogens is 647 g/mol. The molecule has 0 aliphatic carbocycles. The molecule has 3 N–H and O–H groups in total. The van der Waals surface area contributed by atoms with Crippen LogP contribution in [0.2, 0.25) is 0 Å². The van der Waals surface area contributed by atoms with E-state index in [9.17, 15) is 19.8 Å². The van der Waals surface area contributed by atoms with E-state index < -0.39 is 18.2 Å². The second-order valence-corrected chi connectivity index (χ2v) is 15.8. The third-order valence-corrected chi connectivity index (χ3v) is 10.6. The van der Waals surface area contributed by atoms with E-state index >= 15 is 0 Å². The van der Waals surface area contributed by atoms with Crippen LogP contribution in [0.4, 0.5) is 0 Å². The molecule has 6 heteroatoms. The molecular formula is C46H89NO5. The quantitative estimate of drug-likeness (QED) is 0.0330. The lowest BCUT2D eigenvalue weighted by Crippen LogP contribution is -2.46. The van der Waals surface area contributed by atoms with E-state index in [1.54, 1.807) is 0 Å². The Bertz CT molecular complexity index is 787. The number of carbonyl (C=O) groups excluding carboxylic acids is 2. The van der Waals surface area contributed by atoms with Gasteiger partial charge in [-0.05, 0) is 44.9 Å². The molecule has 0 aromatic carbocycles. The average molecular weight is 736 g/mol. The summed E-state index contributed by atoms with van der Waals surface area (Å²) >= 11 is 0. The smallest absolute Gasteiger partial charge is 0.306 e. The van der Waals surface area contributed by atoms with Crippen LogP contribution in [0.3, 0.4) is 0 Å². The lowest BCUT2D eigenvalue weighted by atomic mass is 10.0. The van der Waals surface area contributed by atoms with Gasteiger partial charge in [0.15, 0.2) is 0 Å². The largest absolute Gasteiger partial charge is 0.462 e. The van der Waals surface area contributed by atoms with Crippen LogP contribution in [0, 0.1) is 0 Å². The van der Waals surface area contributed by atoms with Gasteiger partial charge in [0.2, 0.25) is 5.91 Å². The van der Waals surface area contributed by atoms with E-state index in [0.717, 1.165) is 51.4 Å². The van der Waals surface area contributed by atoms with E-state index in [0.29, 0.717) is 19.3 Å². The summed E-state index contributed by atoms with van der Waals surface area (Å²) in [6.45, 7) is 6.43. The van der Waals surface area contributed by atoms with Crippen LogP contribution in [-0.2, 0) is 14.3 Å². The molecule has 0 aliphatic heterocycles. The van der Waals surface area contributed by atoms with Gasteiger partial charge in [-0.3, -0.25) is 9.59 Å². The van der Waals surface area contributed by atoms with Gasteiger partial charge in [0, 0.05) is 6.42 Å². The summed E-state index contributed by atoms with van der Waals surface area (Å²) in [5.41, 5.74) is 0. The fraction of sp³-hybridized carbons (Fsp3) is 0.913. The molecule has 0 rings (SSSR count). The topological polar surface area (TPSA) is 95.9 Å². The summed E-state index contributed by atoms with van der Waals surface area (Å²) in [6.07, 6.45) is 42.7. The third-order valence-electron chi connectivity index (χ3n) is 10.6. The number of carbonyl (C=O) groups is 2. The molecule has 0 bridgehead atoms.